The van der Waals surface area contributed by atoms with Gasteiger partial charge >= 0.3 is 0 Å². The van der Waals surface area contributed by atoms with Crippen LogP contribution in [0.15, 0.2) is 22.7 Å². The van der Waals surface area contributed by atoms with Crippen molar-refractivity contribution in [3.8, 4) is 0 Å². The van der Waals surface area contributed by atoms with Crippen LogP contribution in [0.4, 0.5) is 5.69 Å². The molecule has 0 aliphatic carbocycles. The SMILES string of the molecule is CCN(CC)CCN1C(=O)C(=O)c2cc(Br)ccc21. The van der Waals surface area contributed by atoms with E-state index in [0.717, 1.165) is 29.8 Å². The summed E-state index contributed by atoms with van der Waals surface area (Å²) in [5, 5.41) is 0. The predicted octanol–water partition coefficient (Wildman–Crippen LogP) is 2.32. The van der Waals surface area contributed by atoms with E-state index in [1.807, 2.05) is 12.1 Å². The van der Waals surface area contributed by atoms with E-state index in [-0.39, 0.29) is 0 Å². The van der Waals surface area contributed by atoms with Crippen molar-refractivity contribution in [2.75, 3.05) is 31.1 Å². The van der Waals surface area contributed by atoms with E-state index in [1.165, 1.54) is 0 Å². The lowest BCUT2D eigenvalue weighted by atomic mass is 10.1. The van der Waals surface area contributed by atoms with Crippen molar-refractivity contribution in [1.82, 2.24) is 4.90 Å². The van der Waals surface area contributed by atoms with E-state index < -0.39 is 11.7 Å². The minimum atomic E-state index is -0.416. The fourth-order valence-corrected chi connectivity index (χ4v) is 2.64. The van der Waals surface area contributed by atoms with Crippen molar-refractivity contribution >= 4 is 33.3 Å². The molecule has 1 heterocycles. The van der Waals surface area contributed by atoms with Crippen molar-refractivity contribution in [2.24, 2.45) is 0 Å². The Bertz CT molecular complexity index is 512. The van der Waals surface area contributed by atoms with Crippen LogP contribution >= 0.6 is 15.9 Å². The van der Waals surface area contributed by atoms with Gasteiger partial charge in [0, 0.05) is 17.6 Å². The normalized spacial score (nSPS) is 14.4. The molecule has 1 amide bonds. The fourth-order valence-electron chi connectivity index (χ4n) is 2.28. The van der Waals surface area contributed by atoms with Crippen LogP contribution < -0.4 is 4.90 Å². The number of nitrogens with zero attached hydrogens (tertiary/aromatic N) is 2. The third-order valence-corrected chi connectivity index (χ3v) is 3.96. The summed E-state index contributed by atoms with van der Waals surface area (Å²) in [6.07, 6.45) is 0. The summed E-state index contributed by atoms with van der Waals surface area (Å²) >= 11 is 3.33. The van der Waals surface area contributed by atoms with Crippen LogP contribution in [0.1, 0.15) is 24.2 Å². The van der Waals surface area contributed by atoms with Crippen molar-refractivity contribution in [3.63, 3.8) is 0 Å². The molecule has 0 aromatic heterocycles. The van der Waals surface area contributed by atoms with E-state index in [9.17, 15) is 9.59 Å². The topological polar surface area (TPSA) is 40.6 Å². The van der Waals surface area contributed by atoms with Gasteiger partial charge in [0.1, 0.15) is 0 Å². The number of likely N-dealkylation sites (N-methyl/N-ethyl adjacent to an activating group) is 1. The van der Waals surface area contributed by atoms with Crippen LogP contribution in [0, 0.1) is 0 Å². The highest BCUT2D eigenvalue weighted by Crippen LogP contribution is 2.31. The summed E-state index contributed by atoms with van der Waals surface area (Å²) in [6, 6.07) is 5.40. The van der Waals surface area contributed by atoms with Gasteiger partial charge in [-0.2, -0.15) is 0 Å². The Labute approximate surface area is 121 Å². The Morgan fingerprint density at radius 1 is 1.21 bits per heavy atom. The van der Waals surface area contributed by atoms with Gasteiger partial charge in [-0.15, -0.1) is 0 Å². The van der Waals surface area contributed by atoms with Crippen molar-refractivity contribution in [2.45, 2.75) is 13.8 Å². The molecule has 4 nitrogen and oxygen atoms in total. The number of hydrogen-bond acceptors (Lipinski definition) is 3. The number of hydrogen-bond donors (Lipinski definition) is 0. The van der Waals surface area contributed by atoms with Gasteiger partial charge < -0.3 is 9.80 Å². The van der Waals surface area contributed by atoms with Gasteiger partial charge in [0.05, 0.1) is 11.3 Å². The van der Waals surface area contributed by atoms with Crippen LogP contribution in [0.2, 0.25) is 0 Å². The van der Waals surface area contributed by atoms with E-state index in [4.69, 9.17) is 0 Å². The summed E-state index contributed by atoms with van der Waals surface area (Å²) in [7, 11) is 0. The first kappa shape index (κ1) is 14.2. The largest absolute Gasteiger partial charge is 0.303 e. The third kappa shape index (κ3) is 2.72. The molecule has 0 spiro atoms. The van der Waals surface area contributed by atoms with Gasteiger partial charge in [0.15, 0.2) is 0 Å². The zero-order valence-electron chi connectivity index (χ0n) is 11.1. The molecule has 19 heavy (non-hydrogen) atoms. The summed E-state index contributed by atoms with van der Waals surface area (Å²) in [6.45, 7) is 7.40. The van der Waals surface area contributed by atoms with E-state index >= 15 is 0 Å². The molecule has 102 valence electrons. The number of amides is 1. The van der Waals surface area contributed by atoms with Crippen LogP contribution in [0.25, 0.3) is 0 Å². The van der Waals surface area contributed by atoms with Crippen molar-refractivity contribution in [1.29, 1.82) is 0 Å². The minimum absolute atomic E-state index is 0.407. The van der Waals surface area contributed by atoms with Crippen LogP contribution in [0.5, 0.6) is 0 Å². The van der Waals surface area contributed by atoms with Crippen LogP contribution in [0.3, 0.4) is 0 Å². The molecule has 1 aliphatic heterocycles. The molecule has 5 heteroatoms. The molecule has 0 radical (unpaired) electrons. The Morgan fingerprint density at radius 3 is 2.53 bits per heavy atom. The molecule has 1 aliphatic rings. The smallest absolute Gasteiger partial charge is 0.299 e. The van der Waals surface area contributed by atoms with Gasteiger partial charge in [0.25, 0.3) is 11.7 Å². The molecule has 1 aromatic carbocycles. The molecule has 2 rings (SSSR count). The molecule has 0 fully saturated rings. The van der Waals surface area contributed by atoms with Crippen LogP contribution in [-0.2, 0) is 4.79 Å². The van der Waals surface area contributed by atoms with E-state index in [1.54, 1.807) is 11.0 Å². The molecule has 0 bridgehead atoms. The highest BCUT2D eigenvalue weighted by molar-refractivity contribution is 9.10. The average molecular weight is 325 g/mol. The molecule has 0 atom stereocenters. The second kappa shape index (κ2) is 5.84. The third-order valence-electron chi connectivity index (χ3n) is 3.47. The minimum Gasteiger partial charge on any atom is -0.303 e. The number of Topliss-reactive ketones (excluding diaryl/α,β-unsaturated/α-hetero) is 1. The first-order valence-electron chi connectivity index (χ1n) is 6.46. The maximum Gasteiger partial charge on any atom is 0.299 e. The molecule has 1 aromatic rings. The Morgan fingerprint density at radius 2 is 1.89 bits per heavy atom. The Hall–Kier alpha value is -1.20. The number of carbonyl (C=O) groups excluding carboxylic acids is 2. The summed E-state index contributed by atoms with van der Waals surface area (Å²) in [5.41, 5.74) is 1.23. The molecule has 0 saturated carbocycles. The number of fused-ring (bicyclic) bond motifs is 1. The van der Waals surface area contributed by atoms with Gasteiger partial charge in [-0.1, -0.05) is 29.8 Å². The summed E-state index contributed by atoms with van der Waals surface area (Å²) < 4.78 is 0.818. The lowest BCUT2D eigenvalue weighted by Crippen LogP contribution is -2.38. The summed E-state index contributed by atoms with van der Waals surface area (Å²) in [4.78, 5) is 27.7. The van der Waals surface area contributed by atoms with Gasteiger partial charge in [-0.3, -0.25) is 9.59 Å². The van der Waals surface area contributed by atoms with Crippen molar-refractivity contribution < 1.29 is 9.59 Å². The van der Waals surface area contributed by atoms with Gasteiger partial charge in [-0.25, -0.2) is 0 Å². The highest BCUT2D eigenvalue weighted by atomic mass is 79.9. The number of carbonyl (C=O) groups is 2. The zero-order chi connectivity index (χ0) is 14.0. The van der Waals surface area contributed by atoms with Gasteiger partial charge in [-0.05, 0) is 31.3 Å². The maximum atomic E-state index is 12.0. The van der Waals surface area contributed by atoms with E-state index in [2.05, 4.69) is 34.7 Å². The Balaban J connectivity index is 2.19. The quantitative estimate of drug-likeness (QED) is 0.780. The fraction of sp³-hybridized carbons (Fsp3) is 0.429. The van der Waals surface area contributed by atoms with Crippen LogP contribution in [-0.4, -0.2) is 42.8 Å². The zero-order valence-corrected chi connectivity index (χ0v) is 12.7. The molecule has 0 unspecified atom stereocenters. The number of ketones is 1. The maximum absolute atomic E-state index is 12.0. The first-order valence-corrected chi connectivity index (χ1v) is 7.25. The first-order chi connectivity index (χ1) is 9.08. The predicted molar refractivity (Wildman–Crippen MR) is 78.6 cm³/mol. The summed E-state index contributed by atoms with van der Waals surface area (Å²) in [5.74, 6) is -0.823. The van der Waals surface area contributed by atoms with Crippen molar-refractivity contribution in [3.05, 3.63) is 28.2 Å². The monoisotopic (exact) mass is 324 g/mol. The van der Waals surface area contributed by atoms with E-state index in [0.29, 0.717) is 12.1 Å². The number of rotatable bonds is 5. The second-order valence-electron chi connectivity index (χ2n) is 4.47. The lowest BCUT2D eigenvalue weighted by molar-refractivity contribution is -0.114. The van der Waals surface area contributed by atoms with Gasteiger partial charge in [0.2, 0.25) is 0 Å². The Kier molecular flexibility index (Phi) is 4.37. The standard InChI is InChI=1S/C14H17BrN2O2/c1-3-16(4-2)7-8-17-12-6-5-10(15)9-11(12)13(18)14(17)19/h5-6,9H,3-4,7-8H2,1-2H3. The number of halogens is 1. The molecular formula is C14H17BrN2O2. The average Bonchev–Trinajstić information content (AvgIpc) is 2.64. The number of benzene rings is 1. The molecular weight excluding hydrogens is 308 g/mol. The highest BCUT2D eigenvalue weighted by Gasteiger charge is 2.35. The lowest BCUT2D eigenvalue weighted by Gasteiger charge is -2.22. The molecule has 0 N–H and O–H groups in total. The second-order valence-corrected chi connectivity index (χ2v) is 5.39. The molecule has 0 saturated heterocycles. The number of anilines is 1.